The number of benzene rings is 1. The van der Waals surface area contributed by atoms with Crippen LogP contribution >= 0.6 is 12.2 Å². The zero-order chi connectivity index (χ0) is 14.5. The molecule has 1 saturated heterocycles. The van der Waals surface area contributed by atoms with Gasteiger partial charge >= 0.3 is 0 Å². The third-order valence-corrected chi connectivity index (χ3v) is 3.75. The Morgan fingerprint density at radius 3 is 2.50 bits per heavy atom. The highest BCUT2D eigenvalue weighted by Crippen LogP contribution is 2.11. The molecule has 5 heteroatoms. The van der Waals surface area contributed by atoms with E-state index >= 15 is 0 Å². The van der Waals surface area contributed by atoms with Crippen molar-refractivity contribution in [3.8, 4) is 0 Å². The molecule has 0 unspecified atom stereocenters. The van der Waals surface area contributed by atoms with E-state index in [0.29, 0.717) is 11.5 Å². The number of piperidine rings is 1. The third kappa shape index (κ3) is 4.28. The summed E-state index contributed by atoms with van der Waals surface area (Å²) >= 11 is 4.92. The number of hydrogen-bond donors (Lipinski definition) is 2. The van der Waals surface area contributed by atoms with Gasteiger partial charge in [0, 0.05) is 31.2 Å². The molecular formula is C15H21N3OS. The van der Waals surface area contributed by atoms with Gasteiger partial charge in [-0.05, 0) is 31.9 Å². The van der Waals surface area contributed by atoms with Crippen molar-refractivity contribution in [1.29, 1.82) is 0 Å². The van der Waals surface area contributed by atoms with Crippen LogP contribution in [0.25, 0.3) is 0 Å². The van der Waals surface area contributed by atoms with E-state index in [9.17, 15) is 4.79 Å². The van der Waals surface area contributed by atoms with E-state index in [0.717, 1.165) is 37.1 Å². The molecule has 0 aliphatic carbocycles. The van der Waals surface area contributed by atoms with Crippen molar-refractivity contribution in [3.05, 3.63) is 35.4 Å². The average Bonchev–Trinajstić information content (AvgIpc) is 2.41. The monoisotopic (exact) mass is 291 g/mol. The predicted molar refractivity (Wildman–Crippen MR) is 84.9 cm³/mol. The second-order valence-corrected chi connectivity index (χ2v) is 5.88. The van der Waals surface area contributed by atoms with Gasteiger partial charge in [-0.2, -0.15) is 0 Å². The fraction of sp³-hybridized carbons (Fsp3) is 0.467. The fourth-order valence-electron chi connectivity index (χ4n) is 2.43. The van der Waals surface area contributed by atoms with Gasteiger partial charge in [0.15, 0.2) is 0 Å². The SMILES string of the molecule is Cc1ccc(C(=O)NC2CCN(CC(N)=S)CC2)cc1. The molecule has 0 spiro atoms. The maximum atomic E-state index is 12.1. The lowest BCUT2D eigenvalue weighted by atomic mass is 10.0. The number of rotatable bonds is 4. The lowest BCUT2D eigenvalue weighted by Crippen LogP contribution is -2.46. The number of nitrogens with zero attached hydrogens (tertiary/aromatic N) is 1. The molecule has 1 heterocycles. The second kappa shape index (κ2) is 6.81. The summed E-state index contributed by atoms with van der Waals surface area (Å²) in [6, 6.07) is 7.89. The van der Waals surface area contributed by atoms with E-state index in [4.69, 9.17) is 18.0 Å². The molecule has 20 heavy (non-hydrogen) atoms. The van der Waals surface area contributed by atoms with Crippen molar-refractivity contribution in [1.82, 2.24) is 10.2 Å². The summed E-state index contributed by atoms with van der Waals surface area (Å²) in [6.45, 7) is 4.54. The van der Waals surface area contributed by atoms with E-state index in [1.165, 1.54) is 0 Å². The number of thiocarbonyl (C=S) groups is 1. The van der Waals surface area contributed by atoms with Crippen LogP contribution in [0.4, 0.5) is 0 Å². The van der Waals surface area contributed by atoms with Crippen LogP contribution < -0.4 is 11.1 Å². The van der Waals surface area contributed by atoms with Crippen LogP contribution in [0.3, 0.4) is 0 Å². The minimum Gasteiger partial charge on any atom is -0.392 e. The summed E-state index contributed by atoms with van der Waals surface area (Å²) in [6.07, 6.45) is 1.89. The summed E-state index contributed by atoms with van der Waals surface area (Å²) in [7, 11) is 0. The number of carbonyl (C=O) groups excluding carboxylic acids is 1. The van der Waals surface area contributed by atoms with E-state index < -0.39 is 0 Å². The molecule has 1 amide bonds. The second-order valence-electron chi connectivity index (χ2n) is 5.36. The summed E-state index contributed by atoms with van der Waals surface area (Å²) in [5, 5.41) is 3.10. The maximum Gasteiger partial charge on any atom is 0.251 e. The van der Waals surface area contributed by atoms with Gasteiger partial charge in [0.2, 0.25) is 0 Å². The molecule has 1 aromatic carbocycles. The van der Waals surface area contributed by atoms with Crippen LogP contribution in [0.5, 0.6) is 0 Å². The van der Waals surface area contributed by atoms with Gasteiger partial charge in [0.05, 0.1) is 4.99 Å². The first-order valence-corrected chi connectivity index (χ1v) is 7.33. The van der Waals surface area contributed by atoms with Crippen LogP contribution in [0.15, 0.2) is 24.3 Å². The van der Waals surface area contributed by atoms with Crippen molar-refractivity contribution in [2.45, 2.75) is 25.8 Å². The molecule has 1 fully saturated rings. The first kappa shape index (κ1) is 14.9. The quantitative estimate of drug-likeness (QED) is 0.825. The molecule has 1 aliphatic rings. The fourth-order valence-corrected chi connectivity index (χ4v) is 2.61. The lowest BCUT2D eigenvalue weighted by Gasteiger charge is -2.31. The summed E-state index contributed by atoms with van der Waals surface area (Å²) in [4.78, 5) is 14.9. The molecule has 1 aromatic rings. The zero-order valence-corrected chi connectivity index (χ0v) is 12.6. The van der Waals surface area contributed by atoms with Gasteiger partial charge in [0.25, 0.3) is 5.91 Å². The van der Waals surface area contributed by atoms with Gasteiger partial charge in [-0.25, -0.2) is 0 Å². The van der Waals surface area contributed by atoms with Crippen molar-refractivity contribution in [3.63, 3.8) is 0 Å². The molecule has 0 atom stereocenters. The van der Waals surface area contributed by atoms with Crippen molar-refractivity contribution in [2.75, 3.05) is 19.6 Å². The molecule has 0 bridgehead atoms. The van der Waals surface area contributed by atoms with Crippen LogP contribution in [0.2, 0.25) is 0 Å². The first-order chi connectivity index (χ1) is 9.54. The summed E-state index contributed by atoms with van der Waals surface area (Å²) < 4.78 is 0. The lowest BCUT2D eigenvalue weighted by molar-refractivity contribution is 0.0915. The normalized spacial score (nSPS) is 16.9. The van der Waals surface area contributed by atoms with Crippen molar-refractivity contribution < 1.29 is 4.79 Å². The molecule has 3 N–H and O–H groups in total. The van der Waals surface area contributed by atoms with Crippen LogP contribution in [-0.2, 0) is 0 Å². The van der Waals surface area contributed by atoms with Crippen LogP contribution in [0, 0.1) is 6.92 Å². The minimum atomic E-state index is 0.0118. The topological polar surface area (TPSA) is 58.4 Å². The highest BCUT2D eigenvalue weighted by molar-refractivity contribution is 7.80. The average molecular weight is 291 g/mol. The Bertz CT molecular complexity index is 478. The predicted octanol–water partition coefficient (Wildman–Crippen LogP) is 1.48. The molecule has 0 radical (unpaired) electrons. The number of aryl methyl sites for hydroxylation is 1. The van der Waals surface area contributed by atoms with Crippen molar-refractivity contribution in [2.24, 2.45) is 5.73 Å². The largest absolute Gasteiger partial charge is 0.392 e. The number of nitrogens with two attached hydrogens (primary N) is 1. The van der Waals surface area contributed by atoms with E-state index in [-0.39, 0.29) is 11.9 Å². The summed E-state index contributed by atoms with van der Waals surface area (Å²) in [5.74, 6) is 0.0118. The number of amides is 1. The molecule has 0 saturated carbocycles. The van der Waals surface area contributed by atoms with Crippen LogP contribution in [-0.4, -0.2) is 41.5 Å². The van der Waals surface area contributed by atoms with Gasteiger partial charge in [0.1, 0.15) is 0 Å². The number of hydrogen-bond acceptors (Lipinski definition) is 3. The zero-order valence-electron chi connectivity index (χ0n) is 11.8. The molecule has 0 aromatic heterocycles. The molecule has 108 valence electrons. The van der Waals surface area contributed by atoms with E-state index in [1.807, 2.05) is 31.2 Å². The standard InChI is InChI=1S/C15H21N3OS/c1-11-2-4-12(5-3-11)15(19)17-13-6-8-18(9-7-13)10-14(16)20/h2-5,13H,6-10H2,1H3,(H2,16,20)(H,17,19). The van der Waals surface area contributed by atoms with Gasteiger partial charge in [-0.3, -0.25) is 9.69 Å². The van der Waals surface area contributed by atoms with Crippen LogP contribution in [0.1, 0.15) is 28.8 Å². The highest BCUT2D eigenvalue weighted by atomic mass is 32.1. The first-order valence-electron chi connectivity index (χ1n) is 6.93. The highest BCUT2D eigenvalue weighted by Gasteiger charge is 2.21. The molecule has 4 nitrogen and oxygen atoms in total. The van der Waals surface area contributed by atoms with Gasteiger partial charge < -0.3 is 11.1 Å². The summed E-state index contributed by atoms with van der Waals surface area (Å²) in [5.41, 5.74) is 7.43. The van der Waals surface area contributed by atoms with E-state index in [1.54, 1.807) is 0 Å². The Kier molecular flexibility index (Phi) is 5.09. The van der Waals surface area contributed by atoms with Gasteiger partial charge in [-0.15, -0.1) is 0 Å². The minimum absolute atomic E-state index is 0.0118. The maximum absolute atomic E-state index is 12.1. The molecule has 1 aliphatic heterocycles. The smallest absolute Gasteiger partial charge is 0.251 e. The Morgan fingerprint density at radius 2 is 1.95 bits per heavy atom. The van der Waals surface area contributed by atoms with E-state index in [2.05, 4.69) is 10.2 Å². The Balaban J connectivity index is 1.82. The Labute approximate surface area is 125 Å². The number of likely N-dealkylation sites (tertiary alicyclic amines) is 1. The molecular weight excluding hydrogens is 270 g/mol. The Morgan fingerprint density at radius 1 is 1.35 bits per heavy atom. The molecule has 2 rings (SSSR count). The van der Waals surface area contributed by atoms with Gasteiger partial charge in [-0.1, -0.05) is 29.9 Å². The number of carbonyl (C=O) groups is 1. The Hall–Kier alpha value is -1.46. The third-order valence-electron chi connectivity index (χ3n) is 3.62. The van der Waals surface area contributed by atoms with Crippen molar-refractivity contribution >= 4 is 23.1 Å². The number of nitrogens with one attached hydrogen (secondary N) is 1.